The van der Waals surface area contributed by atoms with Gasteiger partial charge in [0, 0.05) is 6.54 Å². The molecule has 0 saturated heterocycles. The quantitative estimate of drug-likeness (QED) is 0.273. The van der Waals surface area contributed by atoms with Crippen molar-refractivity contribution in [2.75, 3.05) is 13.2 Å². The highest BCUT2D eigenvalue weighted by molar-refractivity contribution is 5.72. The van der Waals surface area contributed by atoms with Gasteiger partial charge in [0.1, 0.15) is 0 Å². The van der Waals surface area contributed by atoms with E-state index in [4.69, 9.17) is 10.5 Å². The van der Waals surface area contributed by atoms with E-state index >= 15 is 0 Å². The largest absolute Gasteiger partial charge is 0.465 e. The SMILES string of the molecule is C=CCC(CN)C(=O)OCCCCCCCCCCCC. The molecular formula is C18H35NO2. The van der Waals surface area contributed by atoms with Crippen molar-refractivity contribution in [2.45, 2.75) is 77.6 Å². The number of nitrogens with two attached hydrogens (primary N) is 1. The van der Waals surface area contributed by atoms with Gasteiger partial charge < -0.3 is 10.5 Å². The zero-order valence-corrected chi connectivity index (χ0v) is 13.9. The summed E-state index contributed by atoms with van der Waals surface area (Å²) in [7, 11) is 0. The molecule has 0 aliphatic heterocycles. The topological polar surface area (TPSA) is 52.3 Å². The van der Waals surface area contributed by atoms with Crippen molar-refractivity contribution in [2.24, 2.45) is 11.7 Å². The normalized spacial score (nSPS) is 12.1. The maximum absolute atomic E-state index is 11.7. The van der Waals surface area contributed by atoms with Gasteiger partial charge in [0.15, 0.2) is 0 Å². The van der Waals surface area contributed by atoms with Crippen LogP contribution in [-0.4, -0.2) is 19.1 Å². The first kappa shape index (κ1) is 20.2. The van der Waals surface area contributed by atoms with E-state index in [1.165, 1.54) is 51.4 Å². The van der Waals surface area contributed by atoms with E-state index in [9.17, 15) is 4.79 Å². The van der Waals surface area contributed by atoms with Crippen LogP contribution in [0.5, 0.6) is 0 Å². The van der Waals surface area contributed by atoms with E-state index in [0.717, 1.165) is 12.8 Å². The van der Waals surface area contributed by atoms with Crippen LogP contribution in [0.25, 0.3) is 0 Å². The van der Waals surface area contributed by atoms with Crippen LogP contribution in [0, 0.1) is 5.92 Å². The molecule has 2 N–H and O–H groups in total. The standard InChI is InChI=1S/C18H35NO2/c1-3-5-6-7-8-9-10-11-12-13-15-21-18(20)17(16-19)14-4-2/h4,17H,2-3,5-16,19H2,1H3. The van der Waals surface area contributed by atoms with Crippen LogP contribution >= 0.6 is 0 Å². The van der Waals surface area contributed by atoms with Crippen LogP contribution in [0.2, 0.25) is 0 Å². The van der Waals surface area contributed by atoms with Crippen LogP contribution in [0.4, 0.5) is 0 Å². The summed E-state index contributed by atoms with van der Waals surface area (Å²) < 4.78 is 5.25. The van der Waals surface area contributed by atoms with Crippen molar-refractivity contribution in [3.8, 4) is 0 Å². The highest BCUT2D eigenvalue weighted by atomic mass is 16.5. The fourth-order valence-electron chi connectivity index (χ4n) is 2.37. The Kier molecular flexibility index (Phi) is 14.9. The molecule has 0 spiro atoms. The minimum Gasteiger partial charge on any atom is -0.465 e. The zero-order chi connectivity index (χ0) is 15.8. The summed E-state index contributed by atoms with van der Waals surface area (Å²) in [4.78, 5) is 11.7. The molecule has 0 fully saturated rings. The first-order valence-corrected chi connectivity index (χ1v) is 8.73. The molecule has 21 heavy (non-hydrogen) atoms. The predicted octanol–water partition coefficient (Wildman–Crippen LogP) is 4.60. The molecule has 0 aliphatic carbocycles. The molecule has 0 saturated carbocycles. The summed E-state index contributed by atoms with van der Waals surface area (Å²) in [6.07, 6.45) is 15.2. The third-order valence-corrected chi connectivity index (χ3v) is 3.81. The van der Waals surface area contributed by atoms with E-state index in [0.29, 0.717) is 19.6 Å². The lowest BCUT2D eigenvalue weighted by Crippen LogP contribution is -2.25. The number of esters is 1. The first-order chi connectivity index (χ1) is 10.3. The van der Waals surface area contributed by atoms with Gasteiger partial charge in [-0.15, -0.1) is 6.58 Å². The number of allylic oxidation sites excluding steroid dienone is 1. The van der Waals surface area contributed by atoms with Gasteiger partial charge in [0.05, 0.1) is 12.5 Å². The monoisotopic (exact) mass is 297 g/mol. The van der Waals surface area contributed by atoms with Crippen molar-refractivity contribution in [3.05, 3.63) is 12.7 Å². The average Bonchev–Trinajstić information content (AvgIpc) is 2.50. The fraction of sp³-hybridized carbons (Fsp3) is 0.833. The minimum absolute atomic E-state index is 0.173. The number of hydrogen-bond donors (Lipinski definition) is 1. The molecule has 0 aromatic carbocycles. The molecule has 0 aromatic rings. The van der Waals surface area contributed by atoms with Crippen LogP contribution in [0.1, 0.15) is 77.6 Å². The Labute approximate surface area is 131 Å². The molecule has 0 rings (SSSR count). The highest BCUT2D eigenvalue weighted by Crippen LogP contribution is 2.11. The Morgan fingerprint density at radius 3 is 2.05 bits per heavy atom. The highest BCUT2D eigenvalue weighted by Gasteiger charge is 2.16. The first-order valence-electron chi connectivity index (χ1n) is 8.73. The average molecular weight is 297 g/mol. The van der Waals surface area contributed by atoms with Crippen LogP contribution in [0.15, 0.2) is 12.7 Å². The van der Waals surface area contributed by atoms with Gasteiger partial charge >= 0.3 is 5.97 Å². The van der Waals surface area contributed by atoms with Gasteiger partial charge in [0.25, 0.3) is 0 Å². The van der Waals surface area contributed by atoms with E-state index in [1.54, 1.807) is 6.08 Å². The zero-order valence-electron chi connectivity index (χ0n) is 13.9. The molecule has 0 bridgehead atoms. The molecule has 1 unspecified atom stereocenters. The second-order valence-corrected chi connectivity index (χ2v) is 5.81. The van der Waals surface area contributed by atoms with E-state index in [-0.39, 0.29) is 11.9 Å². The third-order valence-electron chi connectivity index (χ3n) is 3.81. The Morgan fingerprint density at radius 2 is 1.57 bits per heavy atom. The second-order valence-electron chi connectivity index (χ2n) is 5.81. The molecule has 0 aliphatic rings. The lowest BCUT2D eigenvalue weighted by atomic mass is 10.1. The predicted molar refractivity (Wildman–Crippen MR) is 90.2 cm³/mol. The molecular weight excluding hydrogens is 262 g/mol. The van der Waals surface area contributed by atoms with Gasteiger partial charge in [-0.1, -0.05) is 70.8 Å². The number of carbonyl (C=O) groups excluding carboxylic acids is 1. The number of rotatable bonds is 15. The van der Waals surface area contributed by atoms with E-state index in [1.807, 2.05) is 0 Å². The Balaban J connectivity index is 3.31. The van der Waals surface area contributed by atoms with Crippen molar-refractivity contribution in [3.63, 3.8) is 0 Å². The maximum atomic E-state index is 11.7. The van der Waals surface area contributed by atoms with Crippen molar-refractivity contribution in [1.82, 2.24) is 0 Å². The molecule has 3 heteroatoms. The summed E-state index contributed by atoms with van der Waals surface area (Å²) in [6.45, 7) is 6.75. The molecule has 0 radical (unpaired) electrons. The Morgan fingerprint density at radius 1 is 1.05 bits per heavy atom. The fourth-order valence-corrected chi connectivity index (χ4v) is 2.37. The van der Waals surface area contributed by atoms with Crippen LogP contribution in [0.3, 0.4) is 0 Å². The molecule has 3 nitrogen and oxygen atoms in total. The maximum Gasteiger partial charge on any atom is 0.310 e. The number of unbranched alkanes of at least 4 members (excludes halogenated alkanes) is 9. The smallest absolute Gasteiger partial charge is 0.310 e. The van der Waals surface area contributed by atoms with Crippen LogP contribution < -0.4 is 5.73 Å². The molecule has 124 valence electrons. The van der Waals surface area contributed by atoms with Gasteiger partial charge in [-0.05, 0) is 12.8 Å². The summed E-state index contributed by atoms with van der Waals surface area (Å²) in [5.41, 5.74) is 5.54. The van der Waals surface area contributed by atoms with Crippen molar-refractivity contribution in [1.29, 1.82) is 0 Å². The summed E-state index contributed by atoms with van der Waals surface area (Å²) in [5.74, 6) is -0.390. The second kappa shape index (κ2) is 15.6. The van der Waals surface area contributed by atoms with Gasteiger partial charge in [-0.3, -0.25) is 4.79 Å². The van der Waals surface area contributed by atoms with Gasteiger partial charge in [-0.25, -0.2) is 0 Å². The van der Waals surface area contributed by atoms with Gasteiger partial charge in [0.2, 0.25) is 0 Å². The molecule has 0 heterocycles. The Hall–Kier alpha value is -0.830. The Bertz CT molecular complexity index is 254. The lowest BCUT2D eigenvalue weighted by molar-refractivity contribution is -0.148. The third kappa shape index (κ3) is 12.6. The number of ether oxygens (including phenoxy) is 1. The summed E-state index contributed by atoms with van der Waals surface area (Å²) in [5, 5.41) is 0. The molecule has 1 atom stereocenters. The lowest BCUT2D eigenvalue weighted by Gasteiger charge is -2.11. The van der Waals surface area contributed by atoms with Crippen molar-refractivity contribution < 1.29 is 9.53 Å². The summed E-state index contributed by atoms with van der Waals surface area (Å²) >= 11 is 0. The van der Waals surface area contributed by atoms with Crippen LogP contribution in [-0.2, 0) is 9.53 Å². The molecule has 0 amide bonds. The van der Waals surface area contributed by atoms with Crippen molar-refractivity contribution >= 4 is 5.97 Å². The van der Waals surface area contributed by atoms with E-state index < -0.39 is 0 Å². The number of carbonyl (C=O) groups is 1. The van der Waals surface area contributed by atoms with E-state index in [2.05, 4.69) is 13.5 Å². The minimum atomic E-state index is -0.217. The van der Waals surface area contributed by atoms with Gasteiger partial charge in [-0.2, -0.15) is 0 Å². The molecule has 0 aromatic heterocycles. The summed E-state index contributed by atoms with van der Waals surface area (Å²) in [6, 6.07) is 0. The number of hydrogen-bond acceptors (Lipinski definition) is 3.